The first-order chi connectivity index (χ1) is 8.08. The summed E-state index contributed by atoms with van der Waals surface area (Å²) in [6, 6.07) is 3.12. The highest BCUT2D eigenvalue weighted by Crippen LogP contribution is 2.11. The van der Waals surface area contributed by atoms with Crippen molar-refractivity contribution in [1.82, 2.24) is 9.88 Å². The van der Waals surface area contributed by atoms with Gasteiger partial charge < -0.3 is 19.8 Å². The second kappa shape index (κ2) is 4.73. The maximum atomic E-state index is 11.6. The Morgan fingerprint density at radius 3 is 2.82 bits per heavy atom. The van der Waals surface area contributed by atoms with Gasteiger partial charge >= 0.3 is 7.12 Å². The minimum atomic E-state index is -1.51. The minimum Gasteiger partial charge on any atom is -0.423 e. The zero-order valence-corrected chi connectivity index (χ0v) is 9.58. The molecule has 17 heavy (non-hydrogen) atoms. The maximum Gasteiger partial charge on any atom is 0.488 e. The van der Waals surface area contributed by atoms with Gasteiger partial charge in [-0.2, -0.15) is 0 Å². The van der Waals surface area contributed by atoms with E-state index >= 15 is 0 Å². The van der Waals surface area contributed by atoms with E-state index in [0.717, 1.165) is 0 Å². The van der Waals surface area contributed by atoms with Crippen molar-refractivity contribution in [3.05, 3.63) is 18.3 Å². The molecular weight excluding hydrogens is 221 g/mol. The van der Waals surface area contributed by atoms with Crippen LogP contribution >= 0.6 is 0 Å². The fraction of sp³-hybridized carbons (Fsp3) is 0.400. The van der Waals surface area contributed by atoms with Crippen LogP contribution in [0.4, 0.5) is 5.82 Å². The molecule has 0 atom stereocenters. The molecule has 0 unspecified atom stereocenters. The number of nitrogens with zero attached hydrogens (tertiary/aromatic N) is 3. The van der Waals surface area contributed by atoms with Gasteiger partial charge in [0.2, 0.25) is 5.91 Å². The van der Waals surface area contributed by atoms with Crippen molar-refractivity contribution in [2.75, 3.05) is 31.6 Å². The summed E-state index contributed by atoms with van der Waals surface area (Å²) in [5.41, 5.74) is 0.376. The average molecular weight is 235 g/mol. The van der Waals surface area contributed by atoms with Gasteiger partial charge in [0.25, 0.3) is 0 Å². The third-order valence-corrected chi connectivity index (χ3v) is 2.85. The predicted molar refractivity (Wildman–Crippen MR) is 63.9 cm³/mol. The maximum absolute atomic E-state index is 11.6. The number of pyridine rings is 1. The molecule has 7 heteroatoms. The van der Waals surface area contributed by atoms with E-state index in [0.29, 0.717) is 24.4 Å². The quantitative estimate of drug-likeness (QED) is 0.582. The van der Waals surface area contributed by atoms with E-state index < -0.39 is 7.12 Å². The summed E-state index contributed by atoms with van der Waals surface area (Å²) in [6.45, 7) is 1.61. The van der Waals surface area contributed by atoms with Gasteiger partial charge in [0, 0.05) is 26.3 Å². The van der Waals surface area contributed by atoms with Gasteiger partial charge in [-0.15, -0.1) is 0 Å². The lowest BCUT2D eigenvalue weighted by Gasteiger charge is -2.32. The number of hydrogen-bond acceptors (Lipinski definition) is 5. The summed E-state index contributed by atoms with van der Waals surface area (Å²) in [5.74, 6) is 0.630. The smallest absolute Gasteiger partial charge is 0.423 e. The van der Waals surface area contributed by atoms with Crippen LogP contribution in [0.2, 0.25) is 0 Å². The molecule has 0 radical (unpaired) electrons. The molecular formula is C10H14BN3O3. The largest absolute Gasteiger partial charge is 0.488 e. The summed E-state index contributed by atoms with van der Waals surface area (Å²) in [6.07, 6.45) is 1.51. The molecule has 0 spiro atoms. The van der Waals surface area contributed by atoms with Crippen LogP contribution in [0, 0.1) is 0 Å². The van der Waals surface area contributed by atoms with Gasteiger partial charge in [-0.05, 0) is 17.6 Å². The Morgan fingerprint density at radius 1 is 1.41 bits per heavy atom. The van der Waals surface area contributed by atoms with Crippen LogP contribution in [0.5, 0.6) is 0 Å². The lowest BCUT2D eigenvalue weighted by molar-refractivity contribution is -0.129. The highest BCUT2D eigenvalue weighted by molar-refractivity contribution is 6.58. The van der Waals surface area contributed by atoms with Crippen molar-refractivity contribution in [3.8, 4) is 0 Å². The Labute approximate surface area is 99.6 Å². The Kier molecular flexibility index (Phi) is 3.30. The second-order valence-corrected chi connectivity index (χ2v) is 4.06. The highest BCUT2D eigenvalue weighted by atomic mass is 16.4. The molecule has 1 aromatic heterocycles. The number of aromatic nitrogens is 1. The number of carbonyl (C=O) groups excluding carboxylic acids is 1. The number of amides is 1. The number of piperazine rings is 1. The fourth-order valence-electron chi connectivity index (χ4n) is 1.72. The van der Waals surface area contributed by atoms with Crippen LogP contribution in [0.3, 0.4) is 0 Å². The minimum absolute atomic E-state index is 0.0352. The van der Waals surface area contributed by atoms with E-state index in [1.807, 2.05) is 4.90 Å². The number of anilines is 1. The topological polar surface area (TPSA) is 76.9 Å². The lowest BCUT2D eigenvalue weighted by atomic mass is 9.81. The molecule has 90 valence electrons. The first-order valence-corrected chi connectivity index (χ1v) is 5.39. The summed E-state index contributed by atoms with van der Waals surface area (Å²) < 4.78 is 0. The normalized spacial score (nSPS) is 16.3. The highest BCUT2D eigenvalue weighted by Gasteiger charge is 2.22. The molecule has 2 rings (SSSR count). The fourth-order valence-corrected chi connectivity index (χ4v) is 1.72. The predicted octanol–water partition coefficient (Wildman–Crippen LogP) is -1.96. The van der Waals surface area contributed by atoms with Gasteiger partial charge in [-0.25, -0.2) is 4.98 Å². The number of hydrogen-bond donors (Lipinski definition) is 2. The zero-order valence-electron chi connectivity index (χ0n) is 9.58. The van der Waals surface area contributed by atoms with E-state index in [1.54, 1.807) is 18.0 Å². The molecule has 0 saturated carbocycles. The average Bonchev–Trinajstić information content (AvgIpc) is 2.33. The monoisotopic (exact) mass is 235 g/mol. The van der Waals surface area contributed by atoms with Crippen molar-refractivity contribution >= 4 is 24.3 Å². The molecule has 0 aliphatic carbocycles. The molecule has 2 heterocycles. The number of carbonyl (C=O) groups is 1. The molecule has 1 aliphatic heterocycles. The third-order valence-electron chi connectivity index (χ3n) is 2.85. The van der Waals surface area contributed by atoms with Crippen LogP contribution in [0.1, 0.15) is 0 Å². The van der Waals surface area contributed by atoms with E-state index in [1.165, 1.54) is 12.3 Å². The van der Waals surface area contributed by atoms with Crippen molar-refractivity contribution in [2.24, 2.45) is 0 Å². The molecule has 0 aromatic carbocycles. The van der Waals surface area contributed by atoms with E-state index in [4.69, 9.17) is 10.0 Å². The summed E-state index contributed by atoms with van der Waals surface area (Å²) >= 11 is 0. The van der Waals surface area contributed by atoms with Crippen molar-refractivity contribution < 1.29 is 14.8 Å². The first kappa shape index (κ1) is 11.9. The van der Waals surface area contributed by atoms with Gasteiger partial charge in [-0.3, -0.25) is 4.79 Å². The Balaban J connectivity index is 2.17. The standard InChI is InChI=1S/C10H14BN3O3/c1-13-4-5-14(7-10(13)15)9-6-8(11(16)17)2-3-12-9/h2-3,6,16-17H,4-5,7H2,1H3. The van der Waals surface area contributed by atoms with Crippen LogP contribution in [0.15, 0.2) is 18.3 Å². The Morgan fingerprint density at radius 2 is 2.18 bits per heavy atom. The second-order valence-electron chi connectivity index (χ2n) is 4.06. The first-order valence-electron chi connectivity index (χ1n) is 5.39. The summed E-state index contributed by atoms with van der Waals surface area (Å²) in [7, 11) is 0.251. The molecule has 2 N–H and O–H groups in total. The molecule has 0 bridgehead atoms. The van der Waals surface area contributed by atoms with E-state index in [-0.39, 0.29) is 12.5 Å². The molecule has 1 saturated heterocycles. The van der Waals surface area contributed by atoms with Crippen molar-refractivity contribution in [3.63, 3.8) is 0 Å². The Bertz CT molecular complexity index is 427. The lowest BCUT2D eigenvalue weighted by Crippen LogP contribution is -2.49. The van der Waals surface area contributed by atoms with E-state index in [2.05, 4.69) is 4.98 Å². The van der Waals surface area contributed by atoms with Crippen LogP contribution in [-0.2, 0) is 4.79 Å². The van der Waals surface area contributed by atoms with Crippen molar-refractivity contribution in [1.29, 1.82) is 0 Å². The Hall–Kier alpha value is -1.60. The SMILES string of the molecule is CN1CCN(c2cc(B(O)O)ccn2)CC1=O. The molecule has 1 fully saturated rings. The van der Waals surface area contributed by atoms with Gasteiger partial charge in [0.05, 0.1) is 6.54 Å². The number of rotatable bonds is 2. The zero-order chi connectivity index (χ0) is 12.4. The van der Waals surface area contributed by atoms with Crippen LogP contribution in [0.25, 0.3) is 0 Å². The molecule has 1 aromatic rings. The van der Waals surface area contributed by atoms with E-state index in [9.17, 15) is 4.79 Å². The number of likely N-dealkylation sites (N-methyl/N-ethyl adjacent to an activating group) is 1. The van der Waals surface area contributed by atoms with Crippen LogP contribution in [-0.4, -0.2) is 59.6 Å². The summed E-state index contributed by atoms with van der Waals surface area (Å²) in [4.78, 5) is 19.2. The molecule has 1 amide bonds. The van der Waals surface area contributed by atoms with Gasteiger partial charge in [-0.1, -0.05) is 0 Å². The molecule has 1 aliphatic rings. The molecule has 6 nitrogen and oxygen atoms in total. The van der Waals surface area contributed by atoms with Crippen molar-refractivity contribution in [2.45, 2.75) is 0 Å². The summed E-state index contributed by atoms with van der Waals surface area (Å²) in [5, 5.41) is 18.1. The third kappa shape index (κ3) is 2.56. The van der Waals surface area contributed by atoms with Gasteiger partial charge in [0.1, 0.15) is 5.82 Å². The van der Waals surface area contributed by atoms with Crippen LogP contribution < -0.4 is 10.4 Å². The van der Waals surface area contributed by atoms with Gasteiger partial charge in [0.15, 0.2) is 0 Å².